The molecule has 1 saturated carbocycles. The van der Waals surface area contributed by atoms with E-state index in [2.05, 4.69) is 13.8 Å². The van der Waals surface area contributed by atoms with Gasteiger partial charge in [0.15, 0.2) is 6.29 Å². The summed E-state index contributed by atoms with van der Waals surface area (Å²) < 4.78 is 16.3. The van der Waals surface area contributed by atoms with Crippen LogP contribution in [0, 0.1) is 17.8 Å². The SMILES string of the molecule is CCOC(C)OC1CCC(C(C)CC)CC1C(=O)OC. The van der Waals surface area contributed by atoms with Crippen LogP contribution in [0.2, 0.25) is 0 Å². The molecule has 118 valence electrons. The molecule has 0 heterocycles. The van der Waals surface area contributed by atoms with Gasteiger partial charge < -0.3 is 14.2 Å². The smallest absolute Gasteiger partial charge is 0.311 e. The Bertz CT molecular complexity index is 292. The van der Waals surface area contributed by atoms with Crippen LogP contribution >= 0.6 is 0 Å². The normalized spacial score (nSPS) is 29.8. The van der Waals surface area contributed by atoms with Crippen LogP contribution in [-0.2, 0) is 19.0 Å². The van der Waals surface area contributed by atoms with E-state index in [1.54, 1.807) is 0 Å². The number of rotatable bonds is 7. The molecule has 0 amide bonds. The van der Waals surface area contributed by atoms with E-state index >= 15 is 0 Å². The summed E-state index contributed by atoms with van der Waals surface area (Å²) in [6, 6.07) is 0. The summed E-state index contributed by atoms with van der Waals surface area (Å²) in [5.41, 5.74) is 0. The molecule has 0 bridgehead atoms. The lowest BCUT2D eigenvalue weighted by atomic mass is 9.73. The second kappa shape index (κ2) is 8.63. The number of esters is 1. The van der Waals surface area contributed by atoms with Gasteiger partial charge in [-0.3, -0.25) is 4.79 Å². The first-order valence-corrected chi connectivity index (χ1v) is 7.88. The van der Waals surface area contributed by atoms with Crippen LogP contribution in [0.25, 0.3) is 0 Å². The summed E-state index contributed by atoms with van der Waals surface area (Å²) in [5, 5.41) is 0. The molecule has 5 atom stereocenters. The van der Waals surface area contributed by atoms with Crippen molar-refractivity contribution < 1.29 is 19.0 Å². The highest BCUT2D eigenvalue weighted by molar-refractivity contribution is 5.73. The maximum absolute atomic E-state index is 12.0. The number of hydrogen-bond donors (Lipinski definition) is 0. The number of carbonyl (C=O) groups is 1. The fourth-order valence-corrected chi connectivity index (χ4v) is 3.11. The first-order chi connectivity index (χ1) is 9.53. The van der Waals surface area contributed by atoms with Gasteiger partial charge in [0.1, 0.15) is 0 Å². The highest BCUT2D eigenvalue weighted by Crippen LogP contribution is 2.37. The van der Waals surface area contributed by atoms with Crippen molar-refractivity contribution in [3.63, 3.8) is 0 Å². The molecule has 4 nitrogen and oxygen atoms in total. The molecule has 0 spiro atoms. The van der Waals surface area contributed by atoms with E-state index in [0.717, 1.165) is 25.7 Å². The predicted molar refractivity (Wildman–Crippen MR) is 78.3 cm³/mol. The molecule has 1 rings (SSSR count). The van der Waals surface area contributed by atoms with Crippen LogP contribution in [0.5, 0.6) is 0 Å². The molecule has 0 aromatic rings. The Labute approximate surface area is 123 Å². The second-order valence-electron chi connectivity index (χ2n) is 5.79. The van der Waals surface area contributed by atoms with Gasteiger partial charge in [-0.05, 0) is 44.9 Å². The van der Waals surface area contributed by atoms with Crippen LogP contribution in [0.3, 0.4) is 0 Å². The van der Waals surface area contributed by atoms with E-state index in [-0.39, 0.29) is 24.3 Å². The van der Waals surface area contributed by atoms with Crippen molar-refractivity contribution in [2.45, 2.75) is 65.8 Å². The fraction of sp³-hybridized carbons (Fsp3) is 0.938. The Kier molecular flexibility index (Phi) is 7.52. The zero-order valence-electron chi connectivity index (χ0n) is 13.6. The maximum atomic E-state index is 12.0. The van der Waals surface area contributed by atoms with Gasteiger partial charge in [0.25, 0.3) is 0 Å². The van der Waals surface area contributed by atoms with Crippen LogP contribution in [0.1, 0.15) is 53.4 Å². The van der Waals surface area contributed by atoms with Crippen molar-refractivity contribution in [1.29, 1.82) is 0 Å². The zero-order chi connectivity index (χ0) is 15.1. The molecule has 5 unspecified atom stereocenters. The third kappa shape index (κ3) is 4.74. The Hall–Kier alpha value is -0.610. The van der Waals surface area contributed by atoms with Crippen molar-refractivity contribution in [2.24, 2.45) is 17.8 Å². The van der Waals surface area contributed by atoms with Crippen LogP contribution in [0.4, 0.5) is 0 Å². The molecule has 0 saturated heterocycles. The van der Waals surface area contributed by atoms with Gasteiger partial charge in [0.05, 0.1) is 19.1 Å². The summed E-state index contributed by atoms with van der Waals surface area (Å²) >= 11 is 0. The molecule has 0 radical (unpaired) electrons. The molecule has 1 fully saturated rings. The molecule has 0 N–H and O–H groups in total. The van der Waals surface area contributed by atoms with Crippen molar-refractivity contribution in [1.82, 2.24) is 0 Å². The molecular formula is C16H30O4. The zero-order valence-corrected chi connectivity index (χ0v) is 13.6. The molecule has 0 aliphatic heterocycles. The van der Waals surface area contributed by atoms with Crippen LogP contribution in [0.15, 0.2) is 0 Å². The van der Waals surface area contributed by atoms with Gasteiger partial charge in [-0.1, -0.05) is 20.3 Å². The van der Waals surface area contributed by atoms with Crippen molar-refractivity contribution in [3.05, 3.63) is 0 Å². The van der Waals surface area contributed by atoms with Gasteiger partial charge in [-0.25, -0.2) is 0 Å². The Balaban J connectivity index is 2.67. The summed E-state index contributed by atoms with van der Waals surface area (Å²) in [4.78, 5) is 12.0. The van der Waals surface area contributed by atoms with E-state index in [0.29, 0.717) is 18.4 Å². The lowest BCUT2D eigenvalue weighted by molar-refractivity contribution is -0.190. The first kappa shape index (κ1) is 17.4. The van der Waals surface area contributed by atoms with Gasteiger partial charge in [-0.2, -0.15) is 0 Å². The summed E-state index contributed by atoms with van der Waals surface area (Å²) in [5.74, 6) is 0.932. The van der Waals surface area contributed by atoms with Crippen molar-refractivity contribution >= 4 is 5.97 Å². The summed E-state index contributed by atoms with van der Waals surface area (Å²) in [6.45, 7) is 8.92. The molecule has 20 heavy (non-hydrogen) atoms. The Morgan fingerprint density at radius 2 is 1.95 bits per heavy atom. The maximum Gasteiger partial charge on any atom is 0.311 e. The van der Waals surface area contributed by atoms with Gasteiger partial charge in [-0.15, -0.1) is 0 Å². The van der Waals surface area contributed by atoms with Crippen molar-refractivity contribution in [2.75, 3.05) is 13.7 Å². The Morgan fingerprint density at radius 1 is 1.25 bits per heavy atom. The minimum absolute atomic E-state index is 0.0793. The third-order valence-corrected chi connectivity index (χ3v) is 4.55. The molecule has 0 aromatic carbocycles. The molecule has 1 aliphatic carbocycles. The second-order valence-corrected chi connectivity index (χ2v) is 5.79. The lowest BCUT2D eigenvalue weighted by Crippen LogP contribution is -2.40. The summed E-state index contributed by atoms with van der Waals surface area (Å²) in [6.07, 6.45) is 3.70. The number of hydrogen-bond acceptors (Lipinski definition) is 4. The highest BCUT2D eigenvalue weighted by atomic mass is 16.7. The molecule has 0 aromatic heterocycles. The first-order valence-electron chi connectivity index (χ1n) is 7.88. The third-order valence-electron chi connectivity index (χ3n) is 4.55. The van der Waals surface area contributed by atoms with Gasteiger partial charge >= 0.3 is 5.97 Å². The minimum Gasteiger partial charge on any atom is -0.469 e. The molecule has 4 heteroatoms. The average Bonchev–Trinajstić information content (AvgIpc) is 2.46. The van der Waals surface area contributed by atoms with E-state index in [4.69, 9.17) is 14.2 Å². The standard InChI is InChI=1S/C16H30O4/c1-6-11(3)13-8-9-15(20-12(4)19-7-2)14(10-13)16(17)18-5/h11-15H,6-10H2,1-5H3. The number of carbonyl (C=O) groups excluding carboxylic acids is 1. The topological polar surface area (TPSA) is 44.8 Å². The van der Waals surface area contributed by atoms with E-state index < -0.39 is 0 Å². The number of ether oxygens (including phenoxy) is 3. The predicted octanol–water partition coefficient (Wildman–Crippen LogP) is 3.39. The van der Waals surface area contributed by atoms with Gasteiger partial charge in [0, 0.05) is 6.61 Å². The minimum atomic E-state index is -0.266. The van der Waals surface area contributed by atoms with E-state index in [1.807, 2.05) is 13.8 Å². The largest absolute Gasteiger partial charge is 0.469 e. The van der Waals surface area contributed by atoms with E-state index in [9.17, 15) is 4.79 Å². The van der Waals surface area contributed by atoms with E-state index in [1.165, 1.54) is 7.11 Å². The highest BCUT2D eigenvalue weighted by Gasteiger charge is 2.38. The lowest BCUT2D eigenvalue weighted by Gasteiger charge is -2.37. The number of methoxy groups -OCH3 is 1. The molecule has 1 aliphatic rings. The average molecular weight is 286 g/mol. The van der Waals surface area contributed by atoms with Gasteiger partial charge in [0.2, 0.25) is 0 Å². The summed E-state index contributed by atoms with van der Waals surface area (Å²) in [7, 11) is 1.46. The van der Waals surface area contributed by atoms with Crippen LogP contribution in [-0.4, -0.2) is 32.1 Å². The monoisotopic (exact) mass is 286 g/mol. The van der Waals surface area contributed by atoms with Crippen LogP contribution < -0.4 is 0 Å². The molecular weight excluding hydrogens is 256 g/mol. The Morgan fingerprint density at radius 3 is 2.50 bits per heavy atom. The van der Waals surface area contributed by atoms with Crippen molar-refractivity contribution in [3.8, 4) is 0 Å². The quantitative estimate of drug-likeness (QED) is 0.531. The fourth-order valence-electron chi connectivity index (χ4n) is 3.11.